The van der Waals surface area contributed by atoms with E-state index in [1.54, 1.807) is 19.3 Å². The van der Waals surface area contributed by atoms with Crippen molar-refractivity contribution in [2.75, 3.05) is 13.7 Å². The maximum Gasteiger partial charge on any atom is 0.244 e. The molecule has 0 fully saturated rings. The number of methoxy groups -OCH3 is 1. The first-order chi connectivity index (χ1) is 12.2. The molecule has 0 aliphatic carbocycles. The van der Waals surface area contributed by atoms with Gasteiger partial charge in [-0.25, -0.2) is 0 Å². The molecule has 128 valence electrons. The van der Waals surface area contributed by atoms with Gasteiger partial charge in [-0.15, -0.1) is 0 Å². The standard InChI is InChI=1S/C21H22N2O2/c1-23-15-17(19-5-3-4-6-20(19)23)13-14-22-21(24)12-9-16-7-10-18(25-2)11-8-16/h3-12,15H,13-14H2,1-2H3,(H,22,24)/b12-9+. The van der Waals surface area contributed by atoms with Crippen molar-refractivity contribution in [3.8, 4) is 5.75 Å². The first kappa shape index (κ1) is 16.8. The summed E-state index contributed by atoms with van der Waals surface area (Å²) in [5.74, 6) is 0.716. The lowest BCUT2D eigenvalue weighted by molar-refractivity contribution is -0.116. The Kier molecular flexibility index (Phi) is 5.19. The van der Waals surface area contributed by atoms with Crippen LogP contribution in [0, 0.1) is 0 Å². The Labute approximate surface area is 147 Å². The minimum atomic E-state index is -0.0870. The molecule has 4 nitrogen and oxygen atoms in total. The summed E-state index contributed by atoms with van der Waals surface area (Å²) in [6, 6.07) is 15.9. The van der Waals surface area contributed by atoms with Crippen molar-refractivity contribution in [2.45, 2.75) is 6.42 Å². The van der Waals surface area contributed by atoms with Gasteiger partial charge in [-0.1, -0.05) is 30.3 Å². The fourth-order valence-electron chi connectivity index (χ4n) is 2.89. The molecule has 0 atom stereocenters. The van der Waals surface area contributed by atoms with Gasteiger partial charge in [0.05, 0.1) is 7.11 Å². The Morgan fingerprint density at radius 3 is 2.68 bits per heavy atom. The third-order valence-electron chi connectivity index (χ3n) is 4.22. The molecule has 0 bridgehead atoms. The van der Waals surface area contributed by atoms with Gasteiger partial charge in [-0.2, -0.15) is 0 Å². The average Bonchev–Trinajstić information content (AvgIpc) is 2.97. The van der Waals surface area contributed by atoms with Crippen LogP contribution in [0.4, 0.5) is 0 Å². The van der Waals surface area contributed by atoms with Crippen molar-refractivity contribution >= 4 is 22.9 Å². The topological polar surface area (TPSA) is 43.3 Å². The van der Waals surface area contributed by atoms with Crippen molar-refractivity contribution < 1.29 is 9.53 Å². The Morgan fingerprint density at radius 2 is 1.92 bits per heavy atom. The summed E-state index contributed by atoms with van der Waals surface area (Å²) in [7, 11) is 3.68. The van der Waals surface area contributed by atoms with Gasteiger partial charge in [-0.3, -0.25) is 4.79 Å². The first-order valence-electron chi connectivity index (χ1n) is 8.30. The van der Waals surface area contributed by atoms with E-state index in [0.29, 0.717) is 6.54 Å². The summed E-state index contributed by atoms with van der Waals surface area (Å²) in [4.78, 5) is 12.0. The zero-order valence-corrected chi connectivity index (χ0v) is 14.5. The number of benzene rings is 2. The molecule has 0 radical (unpaired) electrons. The summed E-state index contributed by atoms with van der Waals surface area (Å²) in [5.41, 5.74) is 3.42. The van der Waals surface area contributed by atoms with Crippen LogP contribution < -0.4 is 10.1 Å². The van der Waals surface area contributed by atoms with Crippen LogP contribution in [0.2, 0.25) is 0 Å². The van der Waals surface area contributed by atoms with Gasteiger partial charge in [0.1, 0.15) is 5.75 Å². The molecule has 1 aromatic heterocycles. The van der Waals surface area contributed by atoms with Crippen LogP contribution in [0.1, 0.15) is 11.1 Å². The van der Waals surface area contributed by atoms with Crippen LogP contribution in [-0.4, -0.2) is 24.1 Å². The molecule has 0 spiro atoms. The zero-order chi connectivity index (χ0) is 17.6. The molecule has 1 amide bonds. The van der Waals surface area contributed by atoms with Crippen LogP contribution >= 0.6 is 0 Å². The van der Waals surface area contributed by atoms with Crippen LogP contribution in [0.5, 0.6) is 5.75 Å². The number of nitrogens with zero attached hydrogens (tertiary/aromatic N) is 1. The first-order valence-corrected chi connectivity index (χ1v) is 8.30. The van der Waals surface area contributed by atoms with Gasteiger partial charge in [0.25, 0.3) is 0 Å². The molecular formula is C21H22N2O2. The van der Waals surface area contributed by atoms with Crippen molar-refractivity contribution in [1.82, 2.24) is 9.88 Å². The van der Waals surface area contributed by atoms with E-state index < -0.39 is 0 Å². The van der Waals surface area contributed by atoms with E-state index in [0.717, 1.165) is 17.7 Å². The molecule has 0 aliphatic heterocycles. The fraction of sp³-hybridized carbons (Fsp3) is 0.190. The quantitative estimate of drug-likeness (QED) is 0.701. The Morgan fingerprint density at radius 1 is 1.16 bits per heavy atom. The van der Waals surface area contributed by atoms with Gasteiger partial charge >= 0.3 is 0 Å². The lowest BCUT2D eigenvalue weighted by atomic mass is 10.1. The minimum Gasteiger partial charge on any atom is -0.497 e. The van der Waals surface area contributed by atoms with Crippen molar-refractivity contribution in [2.24, 2.45) is 7.05 Å². The number of carbonyl (C=O) groups excluding carboxylic acids is 1. The molecule has 4 heteroatoms. The van der Waals surface area contributed by atoms with Gasteiger partial charge in [0.15, 0.2) is 0 Å². The predicted octanol–water partition coefficient (Wildman–Crippen LogP) is 3.56. The molecule has 3 rings (SSSR count). The Balaban J connectivity index is 1.54. The average molecular weight is 334 g/mol. The maximum atomic E-state index is 12.0. The summed E-state index contributed by atoms with van der Waals surface area (Å²) in [6.45, 7) is 0.611. The molecule has 0 saturated heterocycles. The highest BCUT2D eigenvalue weighted by molar-refractivity contribution is 5.91. The van der Waals surface area contributed by atoms with Crippen LogP contribution in [0.15, 0.2) is 60.8 Å². The summed E-state index contributed by atoms with van der Waals surface area (Å²) >= 11 is 0. The Hall–Kier alpha value is -3.01. The second-order valence-corrected chi connectivity index (χ2v) is 5.93. The number of nitrogens with one attached hydrogen (secondary N) is 1. The van der Waals surface area contributed by atoms with Gasteiger partial charge < -0.3 is 14.6 Å². The summed E-state index contributed by atoms with van der Waals surface area (Å²) in [6.07, 6.45) is 6.30. The highest BCUT2D eigenvalue weighted by Crippen LogP contribution is 2.20. The zero-order valence-electron chi connectivity index (χ0n) is 14.5. The normalized spacial score (nSPS) is 11.1. The lowest BCUT2D eigenvalue weighted by Crippen LogP contribution is -2.23. The number of aryl methyl sites for hydroxylation is 1. The monoisotopic (exact) mass is 334 g/mol. The largest absolute Gasteiger partial charge is 0.497 e. The molecule has 0 unspecified atom stereocenters. The second kappa shape index (κ2) is 7.71. The van der Waals surface area contributed by atoms with Crippen molar-refractivity contribution in [3.63, 3.8) is 0 Å². The van der Waals surface area contributed by atoms with E-state index in [2.05, 4.69) is 28.2 Å². The van der Waals surface area contributed by atoms with Crippen LogP contribution in [0.25, 0.3) is 17.0 Å². The molecular weight excluding hydrogens is 312 g/mol. The van der Waals surface area contributed by atoms with Gasteiger partial charge in [0.2, 0.25) is 5.91 Å². The van der Waals surface area contributed by atoms with Crippen molar-refractivity contribution in [1.29, 1.82) is 0 Å². The number of carbonyl (C=O) groups is 1. The molecule has 1 heterocycles. The molecule has 1 N–H and O–H groups in total. The minimum absolute atomic E-state index is 0.0870. The number of ether oxygens (including phenoxy) is 1. The number of hydrogen-bond donors (Lipinski definition) is 1. The van der Waals surface area contributed by atoms with Crippen LogP contribution in [0.3, 0.4) is 0 Å². The van der Waals surface area contributed by atoms with E-state index in [1.165, 1.54) is 16.5 Å². The van der Waals surface area contributed by atoms with E-state index >= 15 is 0 Å². The van der Waals surface area contributed by atoms with E-state index in [-0.39, 0.29) is 5.91 Å². The smallest absolute Gasteiger partial charge is 0.244 e. The maximum absolute atomic E-state index is 12.0. The third kappa shape index (κ3) is 4.10. The lowest BCUT2D eigenvalue weighted by Gasteiger charge is -2.02. The predicted molar refractivity (Wildman–Crippen MR) is 102 cm³/mol. The van der Waals surface area contributed by atoms with Gasteiger partial charge in [0, 0.05) is 36.8 Å². The highest BCUT2D eigenvalue weighted by atomic mass is 16.5. The fourth-order valence-corrected chi connectivity index (χ4v) is 2.89. The SMILES string of the molecule is COc1ccc(/C=C/C(=O)NCCc2cn(C)c3ccccc23)cc1. The molecule has 0 aliphatic rings. The molecule has 0 saturated carbocycles. The summed E-state index contributed by atoms with van der Waals surface area (Å²) in [5, 5.41) is 4.18. The van der Waals surface area contributed by atoms with E-state index in [1.807, 2.05) is 43.4 Å². The van der Waals surface area contributed by atoms with Crippen LogP contribution in [-0.2, 0) is 18.3 Å². The number of rotatable bonds is 6. The number of amides is 1. The number of aromatic nitrogens is 1. The number of para-hydroxylation sites is 1. The van der Waals surface area contributed by atoms with Crippen molar-refractivity contribution in [3.05, 3.63) is 71.9 Å². The second-order valence-electron chi connectivity index (χ2n) is 5.93. The molecule has 2 aromatic carbocycles. The van der Waals surface area contributed by atoms with Gasteiger partial charge in [-0.05, 0) is 41.8 Å². The number of fused-ring (bicyclic) bond motifs is 1. The van der Waals surface area contributed by atoms with E-state index in [9.17, 15) is 4.79 Å². The Bertz CT molecular complexity index is 892. The number of hydrogen-bond acceptors (Lipinski definition) is 2. The third-order valence-corrected chi connectivity index (χ3v) is 4.22. The highest BCUT2D eigenvalue weighted by Gasteiger charge is 2.05. The molecule has 25 heavy (non-hydrogen) atoms. The van der Waals surface area contributed by atoms with E-state index in [4.69, 9.17) is 4.74 Å². The summed E-state index contributed by atoms with van der Waals surface area (Å²) < 4.78 is 7.24. The molecule has 3 aromatic rings.